The minimum absolute atomic E-state index is 0.0242. The van der Waals surface area contributed by atoms with E-state index in [0.717, 1.165) is 11.3 Å². The lowest BCUT2D eigenvalue weighted by Gasteiger charge is -2.11. The first-order valence-electron chi connectivity index (χ1n) is 7.62. The third kappa shape index (κ3) is 4.76. The van der Waals surface area contributed by atoms with Crippen LogP contribution in [0.25, 0.3) is 10.1 Å². The van der Waals surface area contributed by atoms with Crippen LogP contribution in [0.1, 0.15) is 9.67 Å². The topological polar surface area (TPSA) is 64.6 Å². The highest BCUT2D eigenvalue weighted by Gasteiger charge is 2.16. The number of para-hydroxylation sites is 2. The normalized spacial score (nSPS) is 10.8. The van der Waals surface area contributed by atoms with Crippen molar-refractivity contribution in [2.75, 3.05) is 11.9 Å². The third-order valence-corrected chi connectivity index (χ3v) is 4.49. The van der Waals surface area contributed by atoms with Crippen molar-refractivity contribution in [3.8, 4) is 5.75 Å². The van der Waals surface area contributed by atoms with Crippen molar-refractivity contribution < 1.29 is 32.2 Å². The fourth-order valence-corrected chi connectivity index (χ4v) is 3.21. The number of benzene rings is 2. The maximum Gasteiger partial charge on any atom is 0.387 e. The Morgan fingerprint density at radius 2 is 1.89 bits per heavy atom. The third-order valence-electron chi connectivity index (χ3n) is 3.39. The van der Waals surface area contributed by atoms with Crippen LogP contribution in [0.3, 0.4) is 0 Å². The van der Waals surface area contributed by atoms with E-state index in [1.807, 2.05) is 0 Å². The van der Waals surface area contributed by atoms with E-state index in [9.17, 15) is 22.8 Å². The molecule has 3 rings (SSSR count). The van der Waals surface area contributed by atoms with E-state index < -0.39 is 30.9 Å². The molecular weight excluding hydrogens is 383 g/mol. The molecule has 1 heterocycles. The summed E-state index contributed by atoms with van der Waals surface area (Å²) in [6, 6.07) is 11.2. The van der Waals surface area contributed by atoms with Crippen LogP contribution in [0.2, 0.25) is 0 Å². The van der Waals surface area contributed by atoms with Gasteiger partial charge in [0.2, 0.25) is 0 Å². The van der Waals surface area contributed by atoms with Crippen molar-refractivity contribution in [3.05, 3.63) is 59.2 Å². The Morgan fingerprint density at radius 1 is 1.11 bits per heavy atom. The molecule has 27 heavy (non-hydrogen) atoms. The Balaban J connectivity index is 1.61. The van der Waals surface area contributed by atoms with Gasteiger partial charge in [-0.15, -0.1) is 11.3 Å². The Morgan fingerprint density at radius 3 is 2.67 bits per heavy atom. The highest BCUT2D eigenvalue weighted by atomic mass is 32.1. The van der Waals surface area contributed by atoms with E-state index in [1.165, 1.54) is 42.5 Å². The summed E-state index contributed by atoms with van der Waals surface area (Å²) in [5.74, 6) is -2.10. The zero-order chi connectivity index (χ0) is 19.4. The molecule has 1 N–H and O–H groups in total. The van der Waals surface area contributed by atoms with Crippen molar-refractivity contribution in [3.63, 3.8) is 0 Å². The number of alkyl halides is 2. The van der Waals surface area contributed by atoms with Gasteiger partial charge in [0.25, 0.3) is 5.91 Å². The predicted octanol–water partition coefficient (Wildman–Crippen LogP) is 4.44. The fraction of sp³-hybridized carbons (Fsp3) is 0.111. The monoisotopic (exact) mass is 395 g/mol. The molecule has 1 amide bonds. The summed E-state index contributed by atoms with van der Waals surface area (Å²) in [5.41, 5.74) is 0.0242. The summed E-state index contributed by atoms with van der Waals surface area (Å²) in [5, 5.41) is 2.89. The van der Waals surface area contributed by atoms with Crippen molar-refractivity contribution in [1.82, 2.24) is 0 Å². The number of fused-ring (bicyclic) bond motifs is 1. The molecule has 0 aliphatic carbocycles. The number of carbonyl (C=O) groups excluding carboxylic acids is 2. The van der Waals surface area contributed by atoms with Crippen molar-refractivity contribution in [2.45, 2.75) is 6.61 Å². The summed E-state index contributed by atoms with van der Waals surface area (Å²) < 4.78 is 47.8. The zero-order valence-corrected chi connectivity index (χ0v) is 14.4. The van der Waals surface area contributed by atoms with Crippen LogP contribution in [0, 0.1) is 5.82 Å². The molecule has 1 aromatic heterocycles. The van der Waals surface area contributed by atoms with Gasteiger partial charge in [-0.2, -0.15) is 8.78 Å². The molecule has 0 fully saturated rings. The smallest absolute Gasteiger partial charge is 0.387 e. The molecule has 3 aromatic rings. The van der Waals surface area contributed by atoms with Gasteiger partial charge in [-0.3, -0.25) is 4.79 Å². The van der Waals surface area contributed by atoms with Crippen molar-refractivity contribution >= 4 is 39.0 Å². The van der Waals surface area contributed by atoms with Crippen molar-refractivity contribution in [2.24, 2.45) is 0 Å². The van der Waals surface area contributed by atoms with Gasteiger partial charge in [0, 0.05) is 4.70 Å². The number of amides is 1. The zero-order valence-electron chi connectivity index (χ0n) is 13.6. The van der Waals surface area contributed by atoms with Gasteiger partial charge in [-0.1, -0.05) is 12.1 Å². The molecule has 2 aromatic carbocycles. The van der Waals surface area contributed by atoms with E-state index in [4.69, 9.17) is 4.74 Å². The first-order valence-corrected chi connectivity index (χ1v) is 8.44. The van der Waals surface area contributed by atoms with Crippen LogP contribution in [-0.2, 0) is 9.53 Å². The predicted molar refractivity (Wildman–Crippen MR) is 93.8 cm³/mol. The second-order valence-electron chi connectivity index (χ2n) is 5.29. The van der Waals surface area contributed by atoms with E-state index in [2.05, 4.69) is 10.1 Å². The lowest BCUT2D eigenvalue weighted by atomic mass is 10.2. The molecular formula is C18H12F3NO4S. The van der Waals surface area contributed by atoms with Gasteiger partial charge in [0.1, 0.15) is 16.4 Å². The van der Waals surface area contributed by atoms with E-state index >= 15 is 0 Å². The van der Waals surface area contributed by atoms with Crippen LogP contribution >= 0.6 is 11.3 Å². The largest absolute Gasteiger partial charge is 0.451 e. The Hall–Kier alpha value is -3.07. The molecule has 0 atom stereocenters. The number of nitrogens with one attached hydrogen (secondary N) is 1. The van der Waals surface area contributed by atoms with Gasteiger partial charge in [-0.05, 0) is 41.8 Å². The summed E-state index contributed by atoms with van der Waals surface area (Å²) in [4.78, 5) is 24.2. The Bertz CT molecular complexity index is 990. The average Bonchev–Trinajstić information content (AvgIpc) is 3.04. The maximum absolute atomic E-state index is 13.2. The number of esters is 1. The lowest BCUT2D eigenvalue weighted by molar-refractivity contribution is -0.119. The molecule has 0 spiro atoms. The highest BCUT2D eigenvalue weighted by molar-refractivity contribution is 7.20. The molecule has 9 heteroatoms. The first-order chi connectivity index (χ1) is 12.9. The number of rotatable bonds is 6. The van der Waals surface area contributed by atoms with Gasteiger partial charge in [0.15, 0.2) is 6.61 Å². The van der Waals surface area contributed by atoms with Gasteiger partial charge in [-0.25, -0.2) is 9.18 Å². The number of anilines is 1. The molecule has 140 valence electrons. The summed E-state index contributed by atoms with van der Waals surface area (Å²) >= 11 is 1.10. The van der Waals surface area contributed by atoms with Gasteiger partial charge in [0.05, 0.1) is 5.69 Å². The number of halogens is 3. The summed E-state index contributed by atoms with van der Waals surface area (Å²) in [7, 11) is 0. The number of hydrogen-bond acceptors (Lipinski definition) is 5. The summed E-state index contributed by atoms with van der Waals surface area (Å²) in [6.45, 7) is -3.66. The second kappa shape index (κ2) is 8.09. The van der Waals surface area contributed by atoms with E-state index in [1.54, 1.807) is 6.07 Å². The van der Waals surface area contributed by atoms with Crippen LogP contribution in [0.15, 0.2) is 48.5 Å². The number of hydrogen-bond donors (Lipinski definition) is 1. The quantitative estimate of drug-likeness (QED) is 0.627. The summed E-state index contributed by atoms with van der Waals surface area (Å²) in [6.07, 6.45) is 0. The van der Waals surface area contributed by atoms with Gasteiger partial charge < -0.3 is 14.8 Å². The SMILES string of the molecule is O=C(COC(=O)c1cc2cc(F)ccc2s1)Nc1ccccc1OC(F)F. The number of ether oxygens (including phenoxy) is 2. The van der Waals surface area contributed by atoms with Crippen LogP contribution in [0.5, 0.6) is 5.75 Å². The number of carbonyl (C=O) groups is 2. The standard InChI is InChI=1S/C18H12F3NO4S/c19-11-5-6-14-10(7-11)8-15(27-14)17(24)25-9-16(23)22-12-3-1-2-4-13(12)26-18(20)21/h1-8,18H,9H2,(H,22,23). The van der Waals surface area contributed by atoms with E-state index in [-0.39, 0.29) is 16.3 Å². The van der Waals surface area contributed by atoms with Crippen LogP contribution < -0.4 is 10.1 Å². The van der Waals surface area contributed by atoms with Crippen LogP contribution in [-0.4, -0.2) is 25.1 Å². The Labute approximate surface area is 155 Å². The van der Waals surface area contributed by atoms with Crippen LogP contribution in [0.4, 0.5) is 18.9 Å². The lowest BCUT2D eigenvalue weighted by Crippen LogP contribution is -2.21. The van der Waals surface area contributed by atoms with Gasteiger partial charge >= 0.3 is 12.6 Å². The molecule has 0 bridgehead atoms. The number of thiophene rings is 1. The highest BCUT2D eigenvalue weighted by Crippen LogP contribution is 2.27. The van der Waals surface area contributed by atoms with Crippen molar-refractivity contribution in [1.29, 1.82) is 0 Å². The Kier molecular flexibility index (Phi) is 5.60. The maximum atomic E-state index is 13.2. The fourth-order valence-electron chi connectivity index (χ4n) is 2.27. The molecule has 0 saturated heterocycles. The van der Waals surface area contributed by atoms with E-state index in [0.29, 0.717) is 10.1 Å². The molecule has 5 nitrogen and oxygen atoms in total. The molecule has 0 unspecified atom stereocenters. The molecule has 0 aliphatic rings. The average molecular weight is 395 g/mol. The first kappa shape index (κ1) is 18.7. The molecule has 0 radical (unpaired) electrons. The minimum Gasteiger partial charge on any atom is -0.451 e. The molecule has 0 aliphatic heterocycles. The minimum atomic E-state index is -3.04. The second-order valence-corrected chi connectivity index (χ2v) is 6.38. The molecule has 0 saturated carbocycles.